The molecule has 1 amide bonds. The summed E-state index contributed by atoms with van der Waals surface area (Å²) < 4.78 is 16.0. The molecule has 4 rings (SSSR count). The normalized spacial score (nSPS) is 14.5. The van der Waals surface area contributed by atoms with Crippen LogP contribution in [0.1, 0.15) is 11.1 Å². The van der Waals surface area contributed by atoms with Crippen LogP contribution >= 0.6 is 11.6 Å². The first-order chi connectivity index (χ1) is 15.5. The molecule has 0 saturated carbocycles. The third kappa shape index (κ3) is 4.20. The monoisotopic (exact) mass is 447 g/mol. The Labute approximate surface area is 192 Å². The largest absolute Gasteiger partial charge is 0.497 e. The van der Waals surface area contributed by atoms with Gasteiger partial charge in [-0.05, 0) is 71.8 Å². The van der Waals surface area contributed by atoms with E-state index < -0.39 is 0 Å². The van der Waals surface area contributed by atoms with Crippen LogP contribution in [-0.4, -0.2) is 27.2 Å². The smallest absolute Gasteiger partial charge is 0.262 e. The first-order valence-electron chi connectivity index (χ1n) is 9.94. The number of ether oxygens (including phenoxy) is 3. The second-order valence-corrected chi connectivity index (χ2v) is 7.53. The number of rotatable bonds is 6. The average molecular weight is 448 g/mol. The minimum absolute atomic E-state index is 0.130. The predicted octanol–water partition coefficient (Wildman–Crippen LogP) is 5.84. The van der Waals surface area contributed by atoms with E-state index in [9.17, 15) is 4.79 Å². The van der Waals surface area contributed by atoms with Gasteiger partial charge in [0.2, 0.25) is 0 Å². The Kier molecular flexibility index (Phi) is 6.19. The highest BCUT2D eigenvalue weighted by Crippen LogP contribution is 2.37. The molecule has 0 N–H and O–H groups in total. The predicted molar refractivity (Wildman–Crippen MR) is 127 cm³/mol. The standard InChI is InChI=1S/C26H22ClNO4/c1-30-22-11-9-21(10-12-22)28-23(18-5-7-20(27)8-6-18)16-19(26(28)29)14-17-4-13-24(31-2)25(15-17)32-3/h4-16H,1-3H3/b19-14+. The maximum Gasteiger partial charge on any atom is 0.262 e. The summed E-state index contributed by atoms with van der Waals surface area (Å²) >= 11 is 6.08. The Bertz CT molecular complexity index is 1200. The molecule has 0 radical (unpaired) electrons. The molecule has 3 aromatic carbocycles. The van der Waals surface area contributed by atoms with Gasteiger partial charge in [-0.1, -0.05) is 29.8 Å². The molecular weight excluding hydrogens is 426 g/mol. The molecule has 0 aromatic heterocycles. The van der Waals surface area contributed by atoms with Crippen molar-refractivity contribution in [2.75, 3.05) is 26.2 Å². The summed E-state index contributed by atoms with van der Waals surface area (Å²) in [6, 6.07) is 20.3. The van der Waals surface area contributed by atoms with E-state index in [4.69, 9.17) is 25.8 Å². The first kappa shape index (κ1) is 21.5. The van der Waals surface area contributed by atoms with E-state index in [1.165, 1.54) is 0 Å². The molecule has 3 aromatic rings. The van der Waals surface area contributed by atoms with Crippen LogP contribution in [0.4, 0.5) is 5.69 Å². The van der Waals surface area contributed by atoms with Crippen LogP contribution in [0.15, 0.2) is 78.4 Å². The van der Waals surface area contributed by atoms with Crippen molar-refractivity contribution >= 4 is 35.0 Å². The highest BCUT2D eigenvalue weighted by atomic mass is 35.5. The first-order valence-corrected chi connectivity index (χ1v) is 10.3. The number of benzene rings is 3. The topological polar surface area (TPSA) is 48.0 Å². The second-order valence-electron chi connectivity index (χ2n) is 7.09. The summed E-state index contributed by atoms with van der Waals surface area (Å²) in [4.78, 5) is 15.2. The fourth-order valence-corrected chi connectivity index (χ4v) is 3.68. The fourth-order valence-electron chi connectivity index (χ4n) is 3.56. The number of anilines is 1. The Hall–Kier alpha value is -3.70. The van der Waals surface area contributed by atoms with Crippen LogP contribution in [0, 0.1) is 0 Å². The lowest BCUT2D eigenvalue weighted by Crippen LogP contribution is -2.24. The van der Waals surface area contributed by atoms with Crippen LogP contribution < -0.4 is 19.1 Å². The van der Waals surface area contributed by atoms with E-state index in [2.05, 4.69) is 0 Å². The van der Waals surface area contributed by atoms with Crippen LogP contribution in [0.2, 0.25) is 5.02 Å². The number of carbonyl (C=O) groups excluding carboxylic acids is 1. The Balaban J connectivity index is 1.79. The van der Waals surface area contributed by atoms with Gasteiger partial charge in [0, 0.05) is 16.3 Å². The zero-order valence-electron chi connectivity index (χ0n) is 18.0. The van der Waals surface area contributed by atoms with Crippen molar-refractivity contribution in [1.29, 1.82) is 0 Å². The van der Waals surface area contributed by atoms with Crippen LogP contribution in [0.3, 0.4) is 0 Å². The van der Waals surface area contributed by atoms with Crippen LogP contribution in [0.5, 0.6) is 17.2 Å². The molecule has 0 unspecified atom stereocenters. The van der Waals surface area contributed by atoms with E-state index in [1.54, 1.807) is 26.2 Å². The minimum Gasteiger partial charge on any atom is -0.497 e. The SMILES string of the molecule is COc1ccc(N2C(=O)/C(=C/c3ccc(OC)c(OC)c3)C=C2c2ccc(Cl)cc2)cc1. The maximum absolute atomic E-state index is 13.5. The van der Waals surface area contributed by atoms with Gasteiger partial charge in [0.25, 0.3) is 5.91 Å². The van der Waals surface area contributed by atoms with E-state index >= 15 is 0 Å². The molecule has 1 heterocycles. The lowest BCUT2D eigenvalue weighted by Gasteiger charge is -2.21. The number of carbonyl (C=O) groups is 1. The third-order valence-electron chi connectivity index (χ3n) is 5.18. The van der Waals surface area contributed by atoms with Crippen molar-refractivity contribution in [3.8, 4) is 17.2 Å². The molecule has 1 aliphatic rings. The summed E-state index contributed by atoms with van der Waals surface area (Å²) in [6.45, 7) is 0. The summed E-state index contributed by atoms with van der Waals surface area (Å²) in [7, 11) is 4.78. The number of hydrogen-bond donors (Lipinski definition) is 0. The number of methoxy groups -OCH3 is 3. The molecule has 32 heavy (non-hydrogen) atoms. The molecule has 0 saturated heterocycles. The van der Waals surface area contributed by atoms with Crippen LogP contribution in [0.25, 0.3) is 11.8 Å². The van der Waals surface area contributed by atoms with Crippen molar-refractivity contribution in [3.05, 3.63) is 94.5 Å². The number of hydrogen-bond acceptors (Lipinski definition) is 4. The zero-order chi connectivity index (χ0) is 22.7. The molecule has 0 aliphatic carbocycles. The highest BCUT2D eigenvalue weighted by molar-refractivity contribution is 6.30. The zero-order valence-corrected chi connectivity index (χ0v) is 18.7. The van der Waals surface area contributed by atoms with Gasteiger partial charge in [-0.15, -0.1) is 0 Å². The van der Waals surface area contributed by atoms with Crippen molar-refractivity contribution in [3.63, 3.8) is 0 Å². The van der Waals surface area contributed by atoms with Gasteiger partial charge in [0.05, 0.1) is 27.0 Å². The molecule has 0 atom stereocenters. The average Bonchev–Trinajstić information content (AvgIpc) is 3.15. The van der Waals surface area contributed by atoms with Gasteiger partial charge in [0.15, 0.2) is 11.5 Å². The van der Waals surface area contributed by atoms with E-state index in [0.717, 1.165) is 28.3 Å². The molecular formula is C26H22ClNO4. The molecule has 6 heteroatoms. The van der Waals surface area contributed by atoms with Gasteiger partial charge in [-0.25, -0.2) is 0 Å². The molecule has 0 fully saturated rings. The van der Waals surface area contributed by atoms with Gasteiger partial charge in [0.1, 0.15) is 5.75 Å². The Morgan fingerprint density at radius 2 is 1.50 bits per heavy atom. The fraction of sp³-hybridized carbons (Fsp3) is 0.115. The third-order valence-corrected chi connectivity index (χ3v) is 5.44. The van der Waals surface area contributed by atoms with Crippen molar-refractivity contribution in [2.24, 2.45) is 0 Å². The van der Waals surface area contributed by atoms with Crippen molar-refractivity contribution in [1.82, 2.24) is 0 Å². The van der Waals surface area contributed by atoms with E-state index in [-0.39, 0.29) is 5.91 Å². The van der Waals surface area contributed by atoms with E-state index in [1.807, 2.05) is 78.9 Å². The Morgan fingerprint density at radius 1 is 0.812 bits per heavy atom. The highest BCUT2D eigenvalue weighted by Gasteiger charge is 2.30. The molecule has 1 aliphatic heterocycles. The lowest BCUT2D eigenvalue weighted by atomic mass is 10.1. The summed E-state index contributed by atoms with van der Waals surface area (Å²) in [6.07, 6.45) is 3.72. The lowest BCUT2D eigenvalue weighted by molar-refractivity contribution is -0.113. The van der Waals surface area contributed by atoms with Gasteiger partial charge in [-0.2, -0.15) is 0 Å². The van der Waals surface area contributed by atoms with Crippen molar-refractivity contribution < 1.29 is 19.0 Å². The second kappa shape index (κ2) is 9.20. The van der Waals surface area contributed by atoms with Gasteiger partial charge in [-0.3, -0.25) is 9.69 Å². The van der Waals surface area contributed by atoms with Gasteiger partial charge < -0.3 is 14.2 Å². The minimum atomic E-state index is -0.130. The number of amides is 1. The quantitative estimate of drug-likeness (QED) is 0.445. The van der Waals surface area contributed by atoms with E-state index in [0.29, 0.717) is 22.1 Å². The van der Waals surface area contributed by atoms with Gasteiger partial charge >= 0.3 is 0 Å². The van der Waals surface area contributed by atoms with Crippen molar-refractivity contribution in [2.45, 2.75) is 0 Å². The summed E-state index contributed by atoms with van der Waals surface area (Å²) in [5.41, 5.74) is 3.78. The number of halogens is 1. The molecule has 162 valence electrons. The molecule has 0 bridgehead atoms. The number of nitrogens with zero attached hydrogens (tertiary/aromatic N) is 1. The molecule has 5 nitrogen and oxygen atoms in total. The van der Waals surface area contributed by atoms with Crippen LogP contribution in [-0.2, 0) is 4.79 Å². The molecule has 0 spiro atoms. The summed E-state index contributed by atoms with van der Waals surface area (Å²) in [5, 5.41) is 0.635. The maximum atomic E-state index is 13.5. The summed E-state index contributed by atoms with van der Waals surface area (Å²) in [5.74, 6) is 1.82. The Morgan fingerprint density at radius 3 is 2.12 bits per heavy atom.